The highest BCUT2D eigenvalue weighted by Crippen LogP contribution is 2.42. The molecule has 7 heteroatoms. The van der Waals surface area contributed by atoms with E-state index in [4.69, 9.17) is 18.9 Å². The third kappa shape index (κ3) is 3.94. The second-order valence-corrected chi connectivity index (χ2v) is 7.14. The minimum atomic E-state index is -0.406. The van der Waals surface area contributed by atoms with E-state index >= 15 is 0 Å². The molecular formula is C23H23NO6. The third-order valence-electron chi connectivity index (χ3n) is 5.13. The number of carbonyl (C=O) groups is 2. The molecule has 0 saturated carbocycles. The Hall–Kier alpha value is -3.16. The maximum atomic E-state index is 12.9. The molecule has 30 heavy (non-hydrogen) atoms. The number of nitrogens with zero attached hydrogens (tertiary/aromatic N) is 1. The number of ether oxygens (including phenoxy) is 4. The zero-order chi connectivity index (χ0) is 21.1. The predicted molar refractivity (Wildman–Crippen MR) is 110 cm³/mol. The van der Waals surface area contributed by atoms with Gasteiger partial charge in [0, 0.05) is 26.8 Å². The van der Waals surface area contributed by atoms with Crippen LogP contribution in [-0.4, -0.2) is 50.8 Å². The summed E-state index contributed by atoms with van der Waals surface area (Å²) in [6, 6.07) is 10.4. The van der Waals surface area contributed by atoms with E-state index in [1.165, 1.54) is 7.11 Å². The molecule has 0 N–H and O–H groups in total. The van der Waals surface area contributed by atoms with E-state index in [1.54, 1.807) is 43.5 Å². The van der Waals surface area contributed by atoms with Gasteiger partial charge in [-0.15, -0.1) is 0 Å². The van der Waals surface area contributed by atoms with Crippen LogP contribution in [0.3, 0.4) is 0 Å². The topological polar surface area (TPSA) is 74.3 Å². The van der Waals surface area contributed by atoms with Crippen LogP contribution in [0, 0.1) is 0 Å². The Bertz CT molecular complexity index is 995. The van der Waals surface area contributed by atoms with Crippen molar-refractivity contribution in [3.63, 3.8) is 0 Å². The summed E-state index contributed by atoms with van der Waals surface area (Å²) in [5, 5.41) is 0. The largest absolute Gasteiger partial charge is 0.478 e. The Balaban J connectivity index is 1.55. The first-order valence-electron chi connectivity index (χ1n) is 9.73. The highest BCUT2D eigenvalue weighted by atomic mass is 16.5. The maximum Gasteiger partial charge on any atom is 0.337 e. The summed E-state index contributed by atoms with van der Waals surface area (Å²) in [4.78, 5) is 26.6. The van der Waals surface area contributed by atoms with Crippen LogP contribution in [0.1, 0.15) is 38.3 Å². The smallest absolute Gasteiger partial charge is 0.337 e. The van der Waals surface area contributed by atoms with E-state index < -0.39 is 5.97 Å². The fraction of sp³-hybridized carbons (Fsp3) is 0.304. The quantitative estimate of drug-likeness (QED) is 0.412. The van der Waals surface area contributed by atoms with Crippen molar-refractivity contribution in [2.24, 2.45) is 0 Å². The van der Waals surface area contributed by atoms with E-state index in [2.05, 4.69) is 4.90 Å². The van der Waals surface area contributed by atoms with E-state index in [0.717, 1.165) is 29.8 Å². The van der Waals surface area contributed by atoms with Crippen molar-refractivity contribution in [2.75, 3.05) is 34.1 Å². The Morgan fingerprint density at radius 3 is 2.70 bits per heavy atom. The molecule has 0 aromatic heterocycles. The van der Waals surface area contributed by atoms with Gasteiger partial charge in [0.25, 0.3) is 0 Å². The Labute approximate surface area is 174 Å². The van der Waals surface area contributed by atoms with Gasteiger partial charge >= 0.3 is 5.97 Å². The number of benzene rings is 2. The third-order valence-corrected chi connectivity index (χ3v) is 5.13. The van der Waals surface area contributed by atoms with Gasteiger partial charge in [0.15, 0.2) is 5.76 Å². The molecule has 2 aliphatic heterocycles. The normalized spacial score (nSPS) is 16.6. The number of hydrogen-bond acceptors (Lipinski definition) is 7. The molecule has 0 amide bonds. The van der Waals surface area contributed by atoms with Crippen LogP contribution < -0.4 is 9.47 Å². The summed E-state index contributed by atoms with van der Waals surface area (Å²) in [5.41, 5.74) is 2.62. The highest BCUT2D eigenvalue weighted by molar-refractivity contribution is 6.15. The predicted octanol–water partition coefficient (Wildman–Crippen LogP) is 3.28. The molecule has 0 atom stereocenters. The lowest BCUT2D eigenvalue weighted by atomic mass is 10.0. The number of Topliss-reactive ketones (excluding diaryl/α,β-unsaturated/α-hetero) is 1. The summed E-state index contributed by atoms with van der Waals surface area (Å²) >= 11 is 0. The molecule has 7 nitrogen and oxygen atoms in total. The number of esters is 1. The standard InChI is InChI=1S/C23H23NO6/c1-27-11-3-10-24-13-18-19(29-14-24)9-8-17-21(25)20(30-22(17)18)12-15-4-6-16(7-5-15)23(26)28-2/h4-9,12H,3,10-11,13-14H2,1-2H3/b20-12-. The van der Waals surface area contributed by atoms with Crippen molar-refractivity contribution in [2.45, 2.75) is 13.0 Å². The second-order valence-electron chi connectivity index (χ2n) is 7.14. The van der Waals surface area contributed by atoms with E-state index in [-0.39, 0.29) is 11.5 Å². The molecule has 2 heterocycles. The number of allylic oxidation sites excluding steroid dienone is 1. The van der Waals surface area contributed by atoms with Crippen LogP contribution in [-0.2, 0) is 16.0 Å². The molecule has 156 valence electrons. The molecule has 0 bridgehead atoms. The SMILES string of the molecule is COCCCN1COc2ccc3c(c2C1)O/C(=C\c1ccc(C(=O)OC)cc1)C3=O. The fourth-order valence-corrected chi connectivity index (χ4v) is 3.56. The van der Waals surface area contributed by atoms with E-state index in [9.17, 15) is 9.59 Å². The average Bonchev–Trinajstić information content (AvgIpc) is 3.09. The number of ketones is 1. The first-order valence-corrected chi connectivity index (χ1v) is 9.73. The molecule has 0 radical (unpaired) electrons. The molecule has 2 aromatic rings. The van der Waals surface area contributed by atoms with Crippen molar-refractivity contribution in [3.05, 3.63) is 64.4 Å². The lowest BCUT2D eigenvalue weighted by Gasteiger charge is -2.29. The number of hydrogen-bond donors (Lipinski definition) is 0. The van der Waals surface area contributed by atoms with Gasteiger partial charge in [-0.25, -0.2) is 4.79 Å². The van der Waals surface area contributed by atoms with Gasteiger partial charge in [0.2, 0.25) is 5.78 Å². The van der Waals surface area contributed by atoms with Crippen molar-refractivity contribution < 1.29 is 28.5 Å². The number of fused-ring (bicyclic) bond motifs is 3. The molecule has 2 aromatic carbocycles. The van der Waals surface area contributed by atoms with Gasteiger partial charge in [-0.1, -0.05) is 12.1 Å². The molecule has 2 aliphatic rings. The molecule has 0 saturated heterocycles. The van der Waals surface area contributed by atoms with Crippen LogP contribution in [0.5, 0.6) is 11.5 Å². The van der Waals surface area contributed by atoms with Crippen molar-refractivity contribution >= 4 is 17.8 Å². The Morgan fingerprint density at radius 1 is 1.17 bits per heavy atom. The van der Waals surface area contributed by atoms with Crippen molar-refractivity contribution in [1.82, 2.24) is 4.90 Å². The fourth-order valence-electron chi connectivity index (χ4n) is 3.56. The maximum absolute atomic E-state index is 12.9. The van der Waals surface area contributed by atoms with Crippen molar-refractivity contribution in [3.8, 4) is 11.5 Å². The first-order chi connectivity index (χ1) is 14.6. The summed E-state index contributed by atoms with van der Waals surface area (Å²) < 4.78 is 21.7. The van der Waals surface area contributed by atoms with Crippen LogP contribution in [0.15, 0.2) is 42.2 Å². The summed E-state index contributed by atoms with van der Waals surface area (Å²) in [6.07, 6.45) is 2.58. The van der Waals surface area contributed by atoms with Crippen LogP contribution in [0.2, 0.25) is 0 Å². The van der Waals surface area contributed by atoms with Gasteiger partial charge in [-0.05, 0) is 42.3 Å². The molecular weight excluding hydrogens is 386 g/mol. The number of methoxy groups -OCH3 is 2. The number of carbonyl (C=O) groups excluding carboxylic acids is 2. The zero-order valence-electron chi connectivity index (χ0n) is 17.0. The highest BCUT2D eigenvalue weighted by Gasteiger charge is 2.33. The van der Waals surface area contributed by atoms with Gasteiger partial charge in [0.05, 0.1) is 23.8 Å². The Morgan fingerprint density at radius 2 is 1.97 bits per heavy atom. The van der Waals surface area contributed by atoms with Crippen LogP contribution >= 0.6 is 0 Å². The van der Waals surface area contributed by atoms with Gasteiger partial charge in [-0.2, -0.15) is 0 Å². The monoisotopic (exact) mass is 409 g/mol. The summed E-state index contributed by atoms with van der Waals surface area (Å²) in [6.45, 7) is 2.67. The Kier molecular flexibility index (Phi) is 5.83. The molecule has 0 fully saturated rings. The van der Waals surface area contributed by atoms with E-state index in [1.807, 2.05) is 6.07 Å². The summed E-state index contributed by atoms with van der Waals surface area (Å²) in [7, 11) is 3.02. The van der Waals surface area contributed by atoms with Gasteiger partial charge in [-0.3, -0.25) is 9.69 Å². The van der Waals surface area contributed by atoms with Crippen LogP contribution in [0.4, 0.5) is 0 Å². The zero-order valence-corrected chi connectivity index (χ0v) is 17.0. The minimum absolute atomic E-state index is 0.165. The molecule has 0 unspecified atom stereocenters. The molecule has 0 aliphatic carbocycles. The average molecular weight is 409 g/mol. The minimum Gasteiger partial charge on any atom is -0.478 e. The lowest BCUT2D eigenvalue weighted by molar-refractivity contribution is 0.0600. The second kappa shape index (κ2) is 8.69. The van der Waals surface area contributed by atoms with Gasteiger partial charge in [0.1, 0.15) is 18.2 Å². The van der Waals surface area contributed by atoms with Crippen LogP contribution in [0.25, 0.3) is 6.08 Å². The van der Waals surface area contributed by atoms with Crippen molar-refractivity contribution in [1.29, 1.82) is 0 Å². The van der Waals surface area contributed by atoms with Gasteiger partial charge < -0.3 is 18.9 Å². The summed E-state index contributed by atoms with van der Waals surface area (Å²) in [5.74, 6) is 0.984. The van der Waals surface area contributed by atoms with E-state index in [0.29, 0.717) is 36.8 Å². The number of rotatable bonds is 6. The molecule has 4 rings (SSSR count). The molecule has 0 spiro atoms. The first kappa shape index (κ1) is 20.1. The lowest BCUT2D eigenvalue weighted by Crippen LogP contribution is -2.33.